The average Bonchev–Trinajstić information content (AvgIpc) is 2.94. The largest absolute Gasteiger partial charge is 0.494 e. The molecule has 4 atom stereocenters. The first-order valence-corrected chi connectivity index (χ1v) is 13.3. The van der Waals surface area contributed by atoms with Crippen LogP contribution in [0.5, 0.6) is 5.75 Å². The van der Waals surface area contributed by atoms with Gasteiger partial charge in [-0.15, -0.1) is 0 Å². The van der Waals surface area contributed by atoms with Gasteiger partial charge in [-0.25, -0.2) is 4.79 Å². The summed E-state index contributed by atoms with van der Waals surface area (Å²) >= 11 is 0. The Kier molecular flexibility index (Phi) is 11.4. The molecule has 0 aromatic heterocycles. The van der Waals surface area contributed by atoms with Crippen LogP contribution in [0.15, 0.2) is 54.6 Å². The van der Waals surface area contributed by atoms with Crippen molar-refractivity contribution in [2.45, 2.75) is 70.7 Å². The highest BCUT2D eigenvalue weighted by molar-refractivity contribution is 5.91. The zero-order chi connectivity index (χ0) is 27.3. The van der Waals surface area contributed by atoms with Gasteiger partial charge in [-0.3, -0.25) is 9.59 Å². The Morgan fingerprint density at radius 2 is 1.82 bits per heavy atom. The van der Waals surface area contributed by atoms with E-state index < -0.39 is 30.1 Å². The molecular weight excluding hydrogens is 486 g/mol. The maximum Gasteiger partial charge on any atom is 0.408 e. The number of benzene rings is 2. The van der Waals surface area contributed by atoms with Crippen LogP contribution in [0.3, 0.4) is 0 Å². The summed E-state index contributed by atoms with van der Waals surface area (Å²) < 4.78 is 11.2. The number of amides is 3. The molecule has 4 N–H and O–H groups in total. The van der Waals surface area contributed by atoms with Crippen molar-refractivity contribution in [2.75, 3.05) is 13.2 Å². The van der Waals surface area contributed by atoms with Crippen LogP contribution in [-0.2, 0) is 27.4 Å². The molecule has 2 aliphatic rings. The third kappa shape index (κ3) is 9.06. The normalized spacial score (nSPS) is 21.8. The average molecular weight is 526 g/mol. The molecule has 0 spiro atoms. The first-order valence-electron chi connectivity index (χ1n) is 13.3. The van der Waals surface area contributed by atoms with E-state index in [0.717, 1.165) is 24.0 Å². The third-order valence-corrected chi connectivity index (χ3v) is 6.76. The Morgan fingerprint density at radius 1 is 1.08 bits per heavy atom. The maximum absolute atomic E-state index is 13.5. The number of rotatable bonds is 6. The number of fused-ring (bicyclic) bond motifs is 14. The number of nitrogens with one attached hydrogen (secondary N) is 3. The Labute approximate surface area is 224 Å². The number of hydrogen-bond donors (Lipinski definition) is 4. The molecule has 4 rings (SSSR count). The fourth-order valence-electron chi connectivity index (χ4n) is 4.21. The molecule has 2 aliphatic heterocycles. The van der Waals surface area contributed by atoms with Crippen LogP contribution in [0.2, 0.25) is 0 Å². The van der Waals surface area contributed by atoms with E-state index in [1.54, 1.807) is 0 Å². The first-order chi connectivity index (χ1) is 18.4. The van der Waals surface area contributed by atoms with Gasteiger partial charge in [0.05, 0.1) is 19.3 Å². The number of carbonyl (C=O) groups is 3. The van der Waals surface area contributed by atoms with Crippen molar-refractivity contribution in [1.29, 1.82) is 0 Å². The van der Waals surface area contributed by atoms with Gasteiger partial charge in [0, 0.05) is 6.42 Å². The van der Waals surface area contributed by atoms with Gasteiger partial charge >= 0.3 is 6.09 Å². The highest BCUT2D eigenvalue weighted by Crippen LogP contribution is 2.16. The lowest BCUT2D eigenvalue weighted by molar-refractivity contribution is -0.131. The van der Waals surface area contributed by atoms with E-state index in [0.29, 0.717) is 25.2 Å². The van der Waals surface area contributed by atoms with Crippen LogP contribution in [0, 0.1) is 5.92 Å². The molecule has 0 aliphatic carbocycles. The summed E-state index contributed by atoms with van der Waals surface area (Å²) in [4.78, 5) is 39.3. The van der Waals surface area contributed by atoms with Gasteiger partial charge in [0.1, 0.15) is 24.4 Å². The minimum atomic E-state index is -0.978. The number of ether oxygens (including phenoxy) is 2. The lowest BCUT2D eigenvalue weighted by Gasteiger charge is -2.28. The van der Waals surface area contributed by atoms with Crippen LogP contribution >= 0.6 is 0 Å². The number of aliphatic hydroxyl groups excluding tert-OH is 1. The van der Waals surface area contributed by atoms with Gasteiger partial charge in [0.15, 0.2) is 0 Å². The van der Waals surface area contributed by atoms with E-state index >= 15 is 0 Å². The molecule has 3 amide bonds. The van der Waals surface area contributed by atoms with Crippen molar-refractivity contribution in [3.8, 4) is 5.75 Å². The van der Waals surface area contributed by atoms with E-state index in [1.807, 2.05) is 68.4 Å². The van der Waals surface area contributed by atoms with Crippen molar-refractivity contribution in [3.05, 3.63) is 65.7 Å². The maximum atomic E-state index is 13.5. The molecule has 0 saturated carbocycles. The summed E-state index contributed by atoms with van der Waals surface area (Å²) in [5, 5.41) is 18.2. The molecule has 2 heterocycles. The zero-order valence-corrected chi connectivity index (χ0v) is 22.2. The van der Waals surface area contributed by atoms with Crippen LogP contribution in [0.25, 0.3) is 0 Å². The van der Waals surface area contributed by atoms with Crippen LogP contribution < -0.4 is 20.7 Å². The summed E-state index contributed by atoms with van der Waals surface area (Å²) in [5.74, 6) is -0.314. The van der Waals surface area contributed by atoms with Gasteiger partial charge in [-0.1, -0.05) is 62.7 Å². The smallest absolute Gasteiger partial charge is 0.408 e. The van der Waals surface area contributed by atoms with E-state index in [9.17, 15) is 19.5 Å². The number of alkyl carbamates (subject to hydrolysis) is 1. The summed E-state index contributed by atoms with van der Waals surface area (Å²) in [7, 11) is 0. The van der Waals surface area contributed by atoms with Crippen LogP contribution in [0.4, 0.5) is 4.79 Å². The predicted octanol–water partition coefficient (Wildman–Crippen LogP) is 3.09. The fraction of sp³-hybridized carbons (Fsp3) is 0.483. The Balaban J connectivity index is 1.81. The lowest BCUT2D eigenvalue weighted by Crippen LogP contribution is -2.57. The molecule has 1 unspecified atom stereocenters. The van der Waals surface area contributed by atoms with Crippen molar-refractivity contribution in [3.63, 3.8) is 0 Å². The standard InChI is InChI=1S/C29H39N3O6/c1-3-20(2)26-28(35)30-23(18-33)11-7-8-16-37-24-14-12-21(13-15-24)17-25(27(34)32-26)31-29(36)38-19-22-9-5-4-6-10-22/h4-6,9-10,12-15,20,23,25-26,33H,3,7-8,11,16-19H2,1-2H3,(H,30,35)(H,31,36)(H,32,34)/t20?,23-,25-,26-/m0/s1. The second-order valence-electron chi connectivity index (χ2n) is 9.71. The molecule has 9 heteroatoms. The number of hydrogen-bond acceptors (Lipinski definition) is 6. The van der Waals surface area contributed by atoms with Gasteiger partial charge in [0.25, 0.3) is 0 Å². The second kappa shape index (κ2) is 15.0. The van der Waals surface area contributed by atoms with E-state index in [4.69, 9.17) is 9.47 Å². The minimum Gasteiger partial charge on any atom is -0.494 e. The molecule has 38 heavy (non-hydrogen) atoms. The monoisotopic (exact) mass is 525 g/mol. The molecule has 0 saturated heterocycles. The van der Waals surface area contributed by atoms with Crippen LogP contribution in [0.1, 0.15) is 50.7 Å². The second-order valence-corrected chi connectivity index (χ2v) is 9.71. The summed E-state index contributed by atoms with van der Waals surface area (Å²) in [5.41, 5.74) is 1.64. The molecule has 2 bridgehead atoms. The highest BCUT2D eigenvalue weighted by Gasteiger charge is 2.31. The minimum absolute atomic E-state index is 0.0630. The summed E-state index contributed by atoms with van der Waals surface area (Å²) in [6, 6.07) is 14.4. The summed E-state index contributed by atoms with van der Waals surface area (Å²) in [6.45, 7) is 4.19. The van der Waals surface area contributed by atoms with Crippen molar-refractivity contribution in [2.24, 2.45) is 5.92 Å². The Morgan fingerprint density at radius 3 is 2.50 bits per heavy atom. The van der Waals surface area contributed by atoms with Gasteiger partial charge < -0.3 is 30.5 Å². The predicted molar refractivity (Wildman–Crippen MR) is 143 cm³/mol. The van der Waals surface area contributed by atoms with Gasteiger partial charge in [-0.05, 0) is 48.4 Å². The Hall–Kier alpha value is -3.59. The topological polar surface area (TPSA) is 126 Å². The van der Waals surface area contributed by atoms with E-state index in [2.05, 4.69) is 16.0 Å². The lowest BCUT2D eigenvalue weighted by atomic mass is 9.96. The third-order valence-electron chi connectivity index (χ3n) is 6.76. The fourth-order valence-corrected chi connectivity index (χ4v) is 4.21. The van der Waals surface area contributed by atoms with E-state index in [-0.39, 0.29) is 31.5 Å². The molecule has 2 aromatic rings. The molecule has 206 valence electrons. The molecular formula is C29H39N3O6. The van der Waals surface area contributed by atoms with Crippen LogP contribution in [-0.4, -0.2) is 54.4 Å². The molecule has 0 fully saturated rings. The van der Waals surface area contributed by atoms with Crippen molar-refractivity contribution < 1.29 is 29.0 Å². The number of carbonyl (C=O) groups excluding carboxylic acids is 3. The first kappa shape index (κ1) is 29.0. The summed E-state index contributed by atoms with van der Waals surface area (Å²) in [6.07, 6.45) is 2.24. The molecule has 2 aromatic carbocycles. The van der Waals surface area contributed by atoms with Crippen molar-refractivity contribution in [1.82, 2.24) is 16.0 Å². The van der Waals surface area contributed by atoms with Gasteiger partial charge in [-0.2, -0.15) is 0 Å². The number of aliphatic hydroxyl groups is 1. The Bertz CT molecular complexity index is 1030. The zero-order valence-electron chi connectivity index (χ0n) is 22.2. The quantitative estimate of drug-likeness (QED) is 0.459. The van der Waals surface area contributed by atoms with Crippen molar-refractivity contribution >= 4 is 17.9 Å². The van der Waals surface area contributed by atoms with Gasteiger partial charge in [0.2, 0.25) is 11.8 Å². The SMILES string of the molecule is CCC(C)[C@@H]1NC(=O)[C@@H](NC(=O)OCc2ccccc2)Cc2ccc(cc2)OCCCC[C@@H](CO)NC1=O. The highest BCUT2D eigenvalue weighted by atomic mass is 16.5. The van der Waals surface area contributed by atoms with E-state index in [1.165, 1.54) is 0 Å². The molecule has 0 radical (unpaired) electrons. The molecule has 9 nitrogen and oxygen atoms in total.